The Balaban J connectivity index is 2.38. The lowest BCUT2D eigenvalue weighted by molar-refractivity contribution is -0.118. The van der Waals surface area contributed by atoms with Crippen molar-refractivity contribution in [3.8, 4) is 0 Å². The van der Waals surface area contributed by atoms with Crippen molar-refractivity contribution in [1.29, 1.82) is 0 Å². The highest BCUT2D eigenvalue weighted by molar-refractivity contribution is 7.84. The number of hydrogen-bond acceptors (Lipinski definition) is 2. The standard InChI is InChI=1S/C14H21NO2S/c1-3-4-9-15-14(16)11-18(17)10-13-8-6-5-7-12(13)2/h5-8H,3-4,9-11H2,1-2H3,(H,15,16)/t18-/m1/s1. The molecule has 1 aromatic rings. The summed E-state index contributed by atoms with van der Waals surface area (Å²) in [4.78, 5) is 11.5. The smallest absolute Gasteiger partial charge is 0.232 e. The number of aryl methyl sites for hydroxylation is 1. The first-order valence-corrected chi connectivity index (χ1v) is 7.78. The minimum Gasteiger partial charge on any atom is -0.355 e. The zero-order valence-electron chi connectivity index (χ0n) is 11.1. The Morgan fingerprint density at radius 3 is 2.72 bits per heavy atom. The second kappa shape index (κ2) is 8.03. The van der Waals surface area contributed by atoms with Crippen LogP contribution in [-0.4, -0.2) is 22.4 Å². The van der Waals surface area contributed by atoms with Gasteiger partial charge in [0.25, 0.3) is 0 Å². The summed E-state index contributed by atoms with van der Waals surface area (Å²) in [5.74, 6) is 0.432. The Morgan fingerprint density at radius 2 is 2.06 bits per heavy atom. The van der Waals surface area contributed by atoms with Gasteiger partial charge in [0.05, 0.1) is 0 Å². The highest BCUT2D eigenvalue weighted by Crippen LogP contribution is 2.09. The Kier molecular flexibility index (Phi) is 6.65. The fourth-order valence-electron chi connectivity index (χ4n) is 1.60. The van der Waals surface area contributed by atoms with Crippen molar-refractivity contribution in [2.45, 2.75) is 32.4 Å². The number of unbranched alkanes of at least 4 members (excludes halogenated alkanes) is 1. The van der Waals surface area contributed by atoms with Crippen molar-refractivity contribution in [2.24, 2.45) is 0 Å². The van der Waals surface area contributed by atoms with E-state index < -0.39 is 10.8 Å². The third kappa shape index (κ3) is 5.45. The molecule has 0 aliphatic carbocycles. The Labute approximate surface area is 111 Å². The molecule has 0 heterocycles. The van der Waals surface area contributed by atoms with E-state index in [4.69, 9.17) is 0 Å². The van der Waals surface area contributed by atoms with Gasteiger partial charge < -0.3 is 5.32 Å². The van der Waals surface area contributed by atoms with E-state index >= 15 is 0 Å². The third-order valence-electron chi connectivity index (χ3n) is 2.72. The number of carbonyl (C=O) groups is 1. The van der Waals surface area contributed by atoms with Crippen LogP contribution < -0.4 is 5.32 Å². The van der Waals surface area contributed by atoms with Gasteiger partial charge in [0.1, 0.15) is 5.75 Å². The van der Waals surface area contributed by atoms with Crippen LogP contribution in [0.4, 0.5) is 0 Å². The van der Waals surface area contributed by atoms with Crippen LogP contribution in [-0.2, 0) is 21.3 Å². The van der Waals surface area contributed by atoms with E-state index in [0.717, 1.165) is 24.0 Å². The Hall–Kier alpha value is -1.16. The molecule has 1 aromatic carbocycles. The SMILES string of the molecule is CCCCNC(=O)C[S@](=O)Cc1ccccc1C. The van der Waals surface area contributed by atoms with Crippen molar-refractivity contribution < 1.29 is 9.00 Å². The van der Waals surface area contributed by atoms with E-state index in [1.165, 1.54) is 0 Å². The zero-order chi connectivity index (χ0) is 13.4. The average molecular weight is 267 g/mol. The monoisotopic (exact) mass is 267 g/mol. The van der Waals surface area contributed by atoms with Crippen molar-refractivity contribution in [2.75, 3.05) is 12.3 Å². The fourth-order valence-corrected chi connectivity index (χ4v) is 2.77. The highest BCUT2D eigenvalue weighted by Gasteiger charge is 2.09. The van der Waals surface area contributed by atoms with Crippen molar-refractivity contribution >= 4 is 16.7 Å². The quantitative estimate of drug-likeness (QED) is 0.770. The lowest BCUT2D eigenvalue weighted by Crippen LogP contribution is -2.29. The van der Waals surface area contributed by atoms with Crippen LogP contribution in [0.2, 0.25) is 0 Å². The second-order valence-electron chi connectivity index (χ2n) is 4.36. The largest absolute Gasteiger partial charge is 0.355 e. The molecule has 0 fully saturated rings. The predicted molar refractivity (Wildman–Crippen MR) is 75.8 cm³/mol. The number of hydrogen-bond donors (Lipinski definition) is 1. The molecule has 0 bridgehead atoms. The van der Waals surface area contributed by atoms with Crippen molar-refractivity contribution in [1.82, 2.24) is 5.32 Å². The van der Waals surface area contributed by atoms with Crippen LogP contribution >= 0.6 is 0 Å². The molecule has 1 atom stereocenters. The van der Waals surface area contributed by atoms with Crippen LogP contribution in [0.3, 0.4) is 0 Å². The summed E-state index contributed by atoms with van der Waals surface area (Å²) in [7, 11) is -1.13. The molecule has 0 aromatic heterocycles. The number of nitrogens with one attached hydrogen (secondary N) is 1. The molecule has 1 N–H and O–H groups in total. The number of benzene rings is 1. The summed E-state index contributed by atoms with van der Waals surface area (Å²) in [6.45, 7) is 4.74. The molecular formula is C14H21NO2S. The normalized spacial score (nSPS) is 12.1. The summed E-state index contributed by atoms with van der Waals surface area (Å²) >= 11 is 0. The molecule has 0 spiro atoms. The van der Waals surface area contributed by atoms with Gasteiger partial charge in [-0.15, -0.1) is 0 Å². The highest BCUT2D eigenvalue weighted by atomic mass is 32.2. The first-order valence-electron chi connectivity index (χ1n) is 6.29. The number of rotatable bonds is 7. The molecule has 1 amide bonds. The maximum absolute atomic E-state index is 11.9. The third-order valence-corrected chi connectivity index (χ3v) is 3.94. The van der Waals surface area contributed by atoms with Gasteiger partial charge in [-0.05, 0) is 24.5 Å². The molecular weight excluding hydrogens is 246 g/mol. The van der Waals surface area contributed by atoms with Crippen molar-refractivity contribution in [3.63, 3.8) is 0 Å². The molecule has 0 saturated carbocycles. The van der Waals surface area contributed by atoms with Gasteiger partial charge in [-0.25, -0.2) is 0 Å². The molecule has 0 aliphatic heterocycles. The maximum Gasteiger partial charge on any atom is 0.232 e. The lowest BCUT2D eigenvalue weighted by atomic mass is 10.1. The molecule has 18 heavy (non-hydrogen) atoms. The topological polar surface area (TPSA) is 46.2 Å². The summed E-state index contributed by atoms with van der Waals surface area (Å²) in [5.41, 5.74) is 2.18. The van der Waals surface area contributed by atoms with E-state index in [1.54, 1.807) is 0 Å². The van der Waals surface area contributed by atoms with Crippen LogP contribution in [0.25, 0.3) is 0 Å². The summed E-state index contributed by atoms with van der Waals surface area (Å²) < 4.78 is 11.9. The van der Waals surface area contributed by atoms with E-state index in [9.17, 15) is 9.00 Å². The molecule has 0 unspecified atom stereocenters. The fraction of sp³-hybridized carbons (Fsp3) is 0.500. The summed E-state index contributed by atoms with van der Waals surface area (Å²) in [6.07, 6.45) is 2.02. The first-order chi connectivity index (χ1) is 8.63. The minimum atomic E-state index is -1.13. The van der Waals surface area contributed by atoms with Gasteiger partial charge in [-0.1, -0.05) is 37.6 Å². The molecule has 0 radical (unpaired) electrons. The van der Waals surface area contributed by atoms with E-state index in [2.05, 4.69) is 12.2 Å². The molecule has 3 nitrogen and oxygen atoms in total. The van der Waals surface area contributed by atoms with Gasteiger partial charge in [0.15, 0.2) is 0 Å². The summed E-state index contributed by atoms with van der Waals surface area (Å²) in [5, 5.41) is 2.78. The van der Waals surface area contributed by atoms with Crippen LogP contribution in [0, 0.1) is 6.92 Å². The molecule has 4 heteroatoms. The number of amides is 1. The van der Waals surface area contributed by atoms with Gasteiger partial charge >= 0.3 is 0 Å². The van der Waals surface area contributed by atoms with Crippen LogP contribution in [0.1, 0.15) is 30.9 Å². The maximum atomic E-state index is 11.9. The van der Waals surface area contributed by atoms with Gasteiger partial charge in [0.2, 0.25) is 5.91 Å². The minimum absolute atomic E-state index is 0.0953. The van der Waals surface area contributed by atoms with E-state index in [0.29, 0.717) is 12.3 Å². The lowest BCUT2D eigenvalue weighted by Gasteiger charge is -2.06. The molecule has 1 rings (SSSR count). The molecule has 100 valence electrons. The molecule has 0 aliphatic rings. The van der Waals surface area contributed by atoms with E-state index in [1.807, 2.05) is 31.2 Å². The zero-order valence-corrected chi connectivity index (χ0v) is 11.9. The van der Waals surface area contributed by atoms with Gasteiger partial charge in [-0.3, -0.25) is 9.00 Å². The Morgan fingerprint density at radius 1 is 1.33 bits per heavy atom. The first kappa shape index (κ1) is 14.9. The Bertz CT molecular complexity index is 418. The van der Waals surface area contributed by atoms with Gasteiger partial charge in [0, 0.05) is 23.1 Å². The van der Waals surface area contributed by atoms with Crippen molar-refractivity contribution in [3.05, 3.63) is 35.4 Å². The van der Waals surface area contributed by atoms with Gasteiger partial charge in [-0.2, -0.15) is 0 Å². The average Bonchev–Trinajstić information content (AvgIpc) is 2.32. The predicted octanol–water partition coefficient (Wildman–Crippen LogP) is 2.16. The molecule has 0 saturated heterocycles. The summed E-state index contributed by atoms with van der Waals surface area (Å²) in [6, 6.07) is 7.84. The van der Waals surface area contributed by atoms with Crippen LogP contribution in [0.5, 0.6) is 0 Å². The second-order valence-corrected chi connectivity index (χ2v) is 5.82. The number of carbonyl (C=O) groups excluding carboxylic acids is 1. The van der Waals surface area contributed by atoms with E-state index in [-0.39, 0.29) is 11.7 Å². The van der Waals surface area contributed by atoms with Crippen LogP contribution in [0.15, 0.2) is 24.3 Å².